The Kier molecular flexibility index (Phi) is 5.53. The van der Waals surface area contributed by atoms with Crippen LogP contribution in [0, 0.1) is 0 Å². The summed E-state index contributed by atoms with van der Waals surface area (Å²) in [6.07, 6.45) is 2.40. The van der Waals surface area contributed by atoms with Crippen molar-refractivity contribution >= 4 is 0 Å². The van der Waals surface area contributed by atoms with Crippen LogP contribution in [0.1, 0.15) is 17.4 Å². The zero-order valence-corrected chi connectivity index (χ0v) is 11.7. The van der Waals surface area contributed by atoms with Crippen LogP contribution in [0.5, 0.6) is 5.75 Å². The maximum Gasteiger partial charge on any atom is 0.124 e. The molecule has 4 heteroatoms. The second kappa shape index (κ2) is 7.62. The lowest BCUT2D eigenvalue weighted by molar-refractivity contribution is 0.0588. The normalized spacial score (nSPS) is 12.1. The third-order valence-electron chi connectivity index (χ3n) is 3.10. The van der Waals surface area contributed by atoms with Crippen molar-refractivity contribution < 1.29 is 9.47 Å². The number of rotatable bonds is 7. The number of nitrogens with zero attached hydrogens (tertiary/aromatic N) is 1. The second-order valence-electron chi connectivity index (χ2n) is 4.41. The summed E-state index contributed by atoms with van der Waals surface area (Å²) in [4.78, 5) is 4.27. The van der Waals surface area contributed by atoms with E-state index in [1.165, 1.54) is 0 Å². The molecule has 0 radical (unpaired) electrons. The molecule has 0 amide bonds. The van der Waals surface area contributed by atoms with Gasteiger partial charge in [0.2, 0.25) is 0 Å². The Hall–Kier alpha value is -1.91. The van der Waals surface area contributed by atoms with E-state index in [2.05, 4.69) is 4.98 Å². The monoisotopic (exact) mass is 272 g/mol. The first-order valence-corrected chi connectivity index (χ1v) is 6.69. The molecule has 4 nitrogen and oxygen atoms in total. The summed E-state index contributed by atoms with van der Waals surface area (Å²) in [6, 6.07) is 13.7. The molecule has 106 valence electrons. The number of nitrogens with two attached hydrogens (primary N) is 1. The van der Waals surface area contributed by atoms with Gasteiger partial charge in [0.25, 0.3) is 0 Å². The van der Waals surface area contributed by atoms with Crippen molar-refractivity contribution in [2.45, 2.75) is 12.5 Å². The predicted molar refractivity (Wildman–Crippen MR) is 78.7 cm³/mol. The Morgan fingerprint density at radius 1 is 1.15 bits per heavy atom. The van der Waals surface area contributed by atoms with Gasteiger partial charge in [0, 0.05) is 30.4 Å². The first-order valence-electron chi connectivity index (χ1n) is 6.69. The molecular formula is C16H20N2O2. The molecule has 0 bridgehead atoms. The minimum absolute atomic E-state index is 0.158. The van der Waals surface area contributed by atoms with Crippen LogP contribution in [-0.4, -0.2) is 25.2 Å². The molecule has 1 aromatic heterocycles. The van der Waals surface area contributed by atoms with E-state index < -0.39 is 0 Å². The molecule has 0 aliphatic carbocycles. The molecule has 0 aliphatic heterocycles. The highest BCUT2D eigenvalue weighted by atomic mass is 16.5. The van der Waals surface area contributed by atoms with Crippen molar-refractivity contribution in [1.29, 1.82) is 0 Å². The van der Waals surface area contributed by atoms with Crippen LogP contribution in [0.15, 0.2) is 48.7 Å². The van der Waals surface area contributed by atoms with Crippen molar-refractivity contribution in [3.63, 3.8) is 0 Å². The van der Waals surface area contributed by atoms with E-state index in [0.29, 0.717) is 13.2 Å². The van der Waals surface area contributed by atoms with Crippen LogP contribution in [-0.2, 0) is 11.2 Å². The van der Waals surface area contributed by atoms with Crippen molar-refractivity contribution in [3.8, 4) is 5.75 Å². The maximum absolute atomic E-state index is 5.88. The molecule has 1 heterocycles. The van der Waals surface area contributed by atoms with Gasteiger partial charge < -0.3 is 15.2 Å². The Balaban J connectivity index is 1.95. The summed E-state index contributed by atoms with van der Waals surface area (Å²) in [5.41, 5.74) is 7.81. The first-order chi connectivity index (χ1) is 9.85. The predicted octanol–water partition coefficient (Wildman–Crippen LogP) is 2.35. The van der Waals surface area contributed by atoms with E-state index >= 15 is 0 Å². The molecule has 1 atom stereocenters. The van der Waals surface area contributed by atoms with Gasteiger partial charge >= 0.3 is 0 Å². The third kappa shape index (κ3) is 3.79. The van der Waals surface area contributed by atoms with Crippen LogP contribution in [0.25, 0.3) is 0 Å². The Labute approximate surface area is 119 Å². The van der Waals surface area contributed by atoms with Crippen molar-refractivity contribution in [1.82, 2.24) is 4.98 Å². The van der Waals surface area contributed by atoms with Gasteiger partial charge in [0.15, 0.2) is 0 Å². The van der Waals surface area contributed by atoms with Gasteiger partial charge in [-0.2, -0.15) is 0 Å². The van der Waals surface area contributed by atoms with Crippen LogP contribution in [0.2, 0.25) is 0 Å². The van der Waals surface area contributed by atoms with Crippen LogP contribution in [0.4, 0.5) is 0 Å². The largest absolute Gasteiger partial charge is 0.496 e. The summed E-state index contributed by atoms with van der Waals surface area (Å²) < 4.78 is 11.2. The smallest absolute Gasteiger partial charge is 0.124 e. The molecule has 1 unspecified atom stereocenters. The number of methoxy groups -OCH3 is 1. The summed E-state index contributed by atoms with van der Waals surface area (Å²) in [5, 5.41) is 0. The summed E-state index contributed by atoms with van der Waals surface area (Å²) in [7, 11) is 1.65. The van der Waals surface area contributed by atoms with E-state index in [1.54, 1.807) is 13.3 Å². The molecule has 2 rings (SSSR count). The quantitative estimate of drug-likeness (QED) is 0.840. The molecule has 0 saturated carbocycles. The zero-order valence-electron chi connectivity index (χ0n) is 11.7. The molecule has 0 fully saturated rings. The average Bonchev–Trinajstić information content (AvgIpc) is 2.53. The van der Waals surface area contributed by atoms with E-state index in [0.717, 1.165) is 23.4 Å². The van der Waals surface area contributed by atoms with Crippen molar-refractivity contribution in [3.05, 3.63) is 59.9 Å². The number of benzene rings is 1. The molecule has 1 aromatic carbocycles. The molecule has 0 spiro atoms. The number of hydrogen-bond acceptors (Lipinski definition) is 4. The molecular weight excluding hydrogens is 252 g/mol. The average molecular weight is 272 g/mol. The highest BCUT2D eigenvalue weighted by Crippen LogP contribution is 2.26. The number of para-hydroxylation sites is 1. The fourth-order valence-corrected chi connectivity index (χ4v) is 2.07. The SMILES string of the molecule is COc1ccccc1C(CN)OCCc1ccccn1. The van der Waals surface area contributed by atoms with Gasteiger partial charge in [-0.1, -0.05) is 24.3 Å². The summed E-state index contributed by atoms with van der Waals surface area (Å²) in [6.45, 7) is 1.000. The van der Waals surface area contributed by atoms with Crippen LogP contribution < -0.4 is 10.5 Å². The molecule has 2 N–H and O–H groups in total. The number of pyridine rings is 1. The Morgan fingerprint density at radius 2 is 1.95 bits per heavy atom. The number of hydrogen-bond donors (Lipinski definition) is 1. The highest BCUT2D eigenvalue weighted by Gasteiger charge is 2.14. The van der Waals surface area contributed by atoms with Gasteiger partial charge in [0.1, 0.15) is 5.75 Å². The van der Waals surface area contributed by atoms with Crippen molar-refractivity contribution in [2.75, 3.05) is 20.3 Å². The van der Waals surface area contributed by atoms with Crippen LogP contribution >= 0.6 is 0 Å². The van der Waals surface area contributed by atoms with Gasteiger partial charge in [-0.3, -0.25) is 4.98 Å². The minimum atomic E-state index is -0.158. The Morgan fingerprint density at radius 3 is 2.65 bits per heavy atom. The fraction of sp³-hybridized carbons (Fsp3) is 0.312. The van der Waals surface area contributed by atoms with E-state index in [1.807, 2.05) is 42.5 Å². The Bertz CT molecular complexity index is 517. The standard InChI is InChI=1S/C16H20N2O2/c1-19-15-8-3-2-7-14(15)16(12-17)20-11-9-13-6-4-5-10-18-13/h2-8,10,16H,9,11-12,17H2,1H3. The molecule has 2 aromatic rings. The molecule has 20 heavy (non-hydrogen) atoms. The molecule has 0 aliphatic rings. The van der Waals surface area contributed by atoms with E-state index in [-0.39, 0.29) is 6.10 Å². The third-order valence-corrected chi connectivity index (χ3v) is 3.10. The summed E-state index contributed by atoms with van der Waals surface area (Å²) in [5.74, 6) is 0.806. The first kappa shape index (κ1) is 14.5. The van der Waals surface area contributed by atoms with Gasteiger partial charge in [0.05, 0.1) is 19.8 Å². The highest BCUT2D eigenvalue weighted by molar-refractivity contribution is 5.35. The van der Waals surface area contributed by atoms with E-state index in [4.69, 9.17) is 15.2 Å². The minimum Gasteiger partial charge on any atom is -0.496 e. The second-order valence-corrected chi connectivity index (χ2v) is 4.41. The number of ether oxygens (including phenoxy) is 2. The lowest BCUT2D eigenvalue weighted by Gasteiger charge is -2.18. The maximum atomic E-state index is 5.88. The van der Waals surface area contributed by atoms with Gasteiger partial charge in [-0.25, -0.2) is 0 Å². The van der Waals surface area contributed by atoms with Gasteiger partial charge in [-0.15, -0.1) is 0 Å². The lowest BCUT2D eigenvalue weighted by atomic mass is 10.1. The topological polar surface area (TPSA) is 57.4 Å². The molecule has 0 saturated heterocycles. The zero-order chi connectivity index (χ0) is 14.2. The van der Waals surface area contributed by atoms with E-state index in [9.17, 15) is 0 Å². The lowest BCUT2D eigenvalue weighted by Crippen LogP contribution is -2.18. The summed E-state index contributed by atoms with van der Waals surface area (Å²) >= 11 is 0. The van der Waals surface area contributed by atoms with Crippen molar-refractivity contribution in [2.24, 2.45) is 5.73 Å². The fourth-order valence-electron chi connectivity index (χ4n) is 2.07. The van der Waals surface area contributed by atoms with Gasteiger partial charge in [-0.05, 0) is 18.2 Å². The van der Waals surface area contributed by atoms with Crippen LogP contribution in [0.3, 0.4) is 0 Å². The number of aromatic nitrogens is 1.